The molecule has 0 bridgehead atoms. The summed E-state index contributed by atoms with van der Waals surface area (Å²) in [5.74, 6) is 0. The number of hydrogen-bond donors (Lipinski definition) is 1. The average Bonchev–Trinajstić information content (AvgIpc) is 2.52. The maximum atomic E-state index is 8.50. The predicted octanol–water partition coefficient (Wildman–Crippen LogP) is 1.73. The second kappa shape index (κ2) is 3.81. The largest absolute Gasteiger partial charge is 0.411 e. The molecule has 1 rings (SSSR count). The normalized spacial score (nSPS) is 11.9. The Bertz CT molecular complexity index is 226. The van der Waals surface area contributed by atoms with Crippen molar-refractivity contribution in [3.05, 3.63) is 24.5 Å². The van der Waals surface area contributed by atoms with Crippen LogP contribution in [0.5, 0.6) is 0 Å². The van der Waals surface area contributed by atoms with Gasteiger partial charge in [0, 0.05) is 12.4 Å². The van der Waals surface area contributed by atoms with Gasteiger partial charge < -0.3 is 9.77 Å². The van der Waals surface area contributed by atoms with Gasteiger partial charge in [-0.3, -0.25) is 0 Å². The molecule has 11 heavy (non-hydrogen) atoms. The molecule has 0 unspecified atom stereocenters. The van der Waals surface area contributed by atoms with Crippen LogP contribution in [0.1, 0.15) is 13.3 Å². The minimum absolute atomic E-state index is 0.681. The van der Waals surface area contributed by atoms with E-state index in [0.717, 1.165) is 12.1 Å². The maximum absolute atomic E-state index is 8.50. The zero-order chi connectivity index (χ0) is 8.10. The molecule has 1 aromatic rings. The van der Waals surface area contributed by atoms with E-state index >= 15 is 0 Å². The lowest BCUT2D eigenvalue weighted by molar-refractivity contribution is 0.316. The summed E-state index contributed by atoms with van der Waals surface area (Å²) in [7, 11) is 0. The summed E-state index contributed by atoms with van der Waals surface area (Å²) in [6.07, 6.45) is 4.68. The zero-order valence-electron chi connectivity index (χ0n) is 6.57. The predicted molar refractivity (Wildman–Crippen MR) is 43.9 cm³/mol. The Balaban J connectivity index is 2.55. The molecule has 0 atom stereocenters. The van der Waals surface area contributed by atoms with Gasteiger partial charge in [-0.05, 0) is 18.6 Å². The van der Waals surface area contributed by atoms with Crippen molar-refractivity contribution < 1.29 is 5.21 Å². The lowest BCUT2D eigenvalue weighted by Gasteiger charge is -2.01. The third-order valence-electron chi connectivity index (χ3n) is 1.58. The van der Waals surface area contributed by atoms with Gasteiger partial charge in [0.25, 0.3) is 0 Å². The first kappa shape index (κ1) is 7.85. The van der Waals surface area contributed by atoms with Gasteiger partial charge in [-0.1, -0.05) is 12.1 Å². The molecule has 0 aromatic carbocycles. The van der Waals surface area contributed by atoms with Crippen LogP contribution in [0.4, 0.5) is 0 Å². The summed E-state index contributed by atoms with van der Waals surface area (Å²) < 4.78 is 1.97. The molecular weight excluding hydrogens is 140 g/mol. The molecule has 3 heteroatoms. The van der Waals surface area contributed by atoms with Crippen LogP contribution >= 0.6 is 0 Å². The van der Waals surface area contributed by atoms with Crippen molar-refractivity contribution in [2.75, 3.05) is 0 Å². The molecular formula is C8H12N2O. The number of oxime groups is 1. The highest BCUT2D eigenvalue weighted by Gasteiger charge is 1.95. The first-order valence-electron chi connectivity index (χ1n) is 3.67. The van der Waals surface area contributed by atoms with Gasteiger partial charge in [0.2, 0.25) is 0 Å². The fourth-order valence-corrected chi connectivity index (χ4v) is 0.900. The highest BCUT2D eigenvalue weighted by atomic mass is 16.4. The molecule has 0 amide bonds. The summed E-state index contributed by atoms with van der Waals surface area (Å²) in [6, 6.07) is 3.90. The second-order valence-corrected chi connectivity index (χ2v) is 2.38. The van der Waals surface area contributed by atoms with Crippen molar-refractivity contribution in [1.29, 1.82) is 0 Å². The smallest absolute Gasteiger partial charge is 0.0764 e. The van der Waals surface area contributed by atoms with E-state index in [1.165, 1.54) is 0 Å². The van der Waals surface area contributed by atoms with Gasteiger partial charge in [0.1, 0.15) is 0 Å². The zero-order valence-corrected chi connectivity index (χ0v) is 6.57. The van der Waals surface area contributed by atoms with Crippen LogP contribution < -0.4 is 0 Å². The van der Waals surface area contributed by atoms with Gasteiger partial charge in [-0.25, -0.2) is 0 Å². The molecule has 1 N–H and O–H groups in total. The third kappa shape index (κ3) is 2.11. The molecule has 3 nitrogen and oxygen atoms in total. The van der Waals surface area contributed by atoms with Crippen molar-refractivity contribution >= 4 is 5.71 Å². The second-order valence-electron chi connectivity index (χ2n) is 2.38. The van der Waals surface area contributed by atoms with E-state index in [9.17, 15) is 0 Å². The van der Waals surface area contributed by atoms with Gasteiger partial charge in [-0.15, -0.1) is 0 Å². The van der Waals surface area contributed by atoms with Crippen LogP contribution in [0.3, 0.4) is 0 Å². The molecule has 0 aliphatic rings. The Morgan fingerprint density at radius 3 is 2.55 bits per heavy atom. The van der Waals surface area contributed by atoms with Crippen LogP contribution in [-0.2, 0) is 6.54 Å². The molecule has 0 aliphatic carbocycles. The first-order chi connectivity index (χ1) is 5.36. The van der Waals surface area contributed by atoms with E-state index in [4.69, 9.17) is 5.21 Å². The lowest BCUT2D eigenvalue weighted by Crippen LogP contribution is -2.06. The number of aromatic nitrogens is 1. The van der Waals surface area contributed by atoms with Gasteiger partial charge in [-0.2, -0.15) is 0 Å². The Morgan fingerprint density at radius 1 is 1.45 bits per heavy atom. The fourth-order valence-electron chi connectivity index (χ4n) is 0.900. The Labute approximate surface area is 66.0 Å². The van der Waals surface area contributed by atoms with Crippen LogP contribution in [0.15, 0.2) is 29.7 Å². The Morgan fingerprint density at radius 2 is 2.09 bits per heavy atom. The van der Waals surface area contributed by atoms with E-state index < -0.39 is 0 Å². The maximum Gasteiger partial charge on any atom is 0.0764 e. The average molecular weight is 152 g/mol. The van der Waals surface area contributed by atoms with Crippen LogP contribution in [0, 0.1) is 0 Å². The SMILES string of the molecule is CCC(Cn1cccc1)=NO. The van der Waals surface area contributed by atoms with Gasteiger partial charge in [0.15, 0.2) is 0 Å². The molecule has 0 saturated carbocycles. The third-order valence-corrected chi connectivity index (χ3v) is 1.58. The molecule has 0 fully saturated rings. The number of rotatable bonds is 3. The van der Waals surface area contributed by atoms with E-state index in [-0.39, 0.29) is 0 Å². The number of nitrogens with zero attached hydrogens (tertiary/aromatic N) is 2. The van der Waals surface area contributed by atoms with Gasteiger partial charge in [0.05, 0.1) is 12.3 Å². The van der Waals surface area contributed by atoms with Crippen LogP contribution in [0.2, 0.25) is 0 Å². The summed E-state index contributed by atoms with van der Waals surface area (Å²) in [5, 5.41) is 11.7. The summed E-state index contributed by atoms with van der Waals surface area (Å²) in [4.78, 5) is 0. The van der Waals surface area contributed by atoms with E-state index in [0.29, 0.717) is 6.54 Å². The molecule has 60 valence electrons. The van der Waals surface area contributed by atoms with Gasteiger partial charge >= 0.3 is 0 Å². The molecule has 1 aromatic heterocycles. The highest BCUT2D eigenvalue weighted by Crippen LogP contribution is 1.94. The molecule has 1 heterocycles. The standard InChI is InChI=1S/C8H12N2O/c1-2-8(9-11)7-10-5-3-4-6-10/h3-6,11H,2,7H2,1H3. The van der Waals surface area contributed by atoms with E-state index in [1.807, 2.05) is 36.0 Å². The summed E-state index contributed by atoms with van der Waals surface area (Å²) in [5.41, 5.74) is 0.793. The van der Waals surface area contributed by atoms with E-state index in [2.05, 4.69) is 5.16 Å². The fraction of sp³-hybridized carbons (Fsp3) is 0.375. The molecule has 0 radical (unpaired) electrons. The van der Waals surface area contributed by atoms with Crippen LogP contribution in [-0.4, -0.2) is 15.5 Å². The molecule has 0 spiro atoms. The van der Waals surface area contributed by atoms with Crippen molar-refractivity contribution in [1.82, 2.24) is 4.57 Å². The van der Waals surface area contributed by atoms with Crippen molar-refractivity contribution in [2.24, 2.45) is 5.16 Å². The van der Waals surface area contributed by atoms with E-state index in [1.54, 1.807) is 0 Å². The lowest BCUT2D eigenvalue weighted by atomic mass is 10.3. The van der Waals surface area contributed by atoms with Crippen molar-refractivity contribution in [2.45, 2.75) is 19.9 Å². The van der Waals surface area contributed by atoms with Crippen molar-refractivity contribution in [3.63, 3.8) is 0 Å². The quantitative estimate of drug-likeness (QED) is 0.399. The number of hydrogen-bond acceptors (Lipinski definition) is 2. The molecule has 0 aliphatic heterocycles. The van der Waals surface area contributed by atoms with Crippen LogP contribution in [0.25, 0.3) is 0 Å². The Hall–Kier alpha value is -1.25. The monoisotopic (exact) mass is 152 g/mol. The first-order valence-corrected chi connectivity index (χ1v) is 3.67. The summed E-state index contributed by atoms with van der Waals surface area (Å²) >= 11 is 0. The van der Waals surface area contributed by atoms with Crippen molar-refractivity contribution in [3.8, 4) is 0 Å². The topological polar surface area (TPSA) is 37.5 Å². The minimum atomic E-state index is 0.681. The molecule has 0 saturated heterocycles. The summed E-state index contributed by atoms with van der Waals surface area (Å²) in [6.45, 7) is 2.65. The Kier molecular flexibility index (Phi) is 2.72. The minimum Gasteiger partial charge on any atom is -0.411 e. The highest BCUT2D eigenvalue weighted by molar-refractivity contribution is 5.83.